The van der Waals surface area contributed by atoms with Gasteiger partial charge in [0.05, 0.1) is 42.4 Å². The van der Waals surface area contributed by atoms with E-state index >= 15 is 0 Å². The van der Waals surface area contributed by atoms with Gasteiger partial charge in [-0.2, -0.15) is 0 Å². The molecule has 1 fully saturated rings. The van der Waals surface area contributed by atoms with Crippen LogP contribution in [0.1, 0.15) is 72.6 Å². The van der Waals surface area contributed by atoms with E-state index in [1.54, 1.807) is 19.9 Å². The Bertz CT molecular complexity index is 825. The van der Waals surface area contributed by atoms with Crippen molar-refractivity contribution < 1.29 is 45.0 Å². The molecule has 2 aliphatic carbocycles. The zero-order chi connectivity index (χ0) is 26.8. The number of fused-ring (bicyclic) bond motifs is 1. The first kappa shape index (κ1) is 29.5. The van der Waals surface area contributed by atoms with Crippen LogP contribution in [-0.2, 0) is 14.3 Å². The Morgan fingerprint density at radius 3 is 2.31 bits per heavy atom. The molecule has 0 heterocycles. The van der Waals surface area contributed by atoms with Gasteiger partial charge < -0.3 is 35.4 Å². The highest BCUT2D eigenvalue weighted by Gasteiger charge is 2.53. The molecule has 9 nitrogen and oxygen atoms in total. The summed E-state index contributed by atoms with van der Waals surface area (Å²) in [5.74, 6) is -2.47. The van der Waals surface area contributed by atoms with Crippen molar-refractivity contribution >= 4 is 11.9 Å². The fourth-order valence-corrected chi connectivity index (χ4v) is 5.62. The highest BCUT2D eigenvalue weighted by molar-refractivity contribution is 5.73. The van der Waals surface area contributed by atoms with E-state index in [0.29, 0.717) is 18.4 Å². The second-order valence-corrected chi connectivity index (χ2v) is 11.5. The van der Waals surface area contributed by atoms with Crippen molar-refractivity contribution in [2.45, 2.75) is 102 Å². The second kappa shape index (κ2) is 11.1. The fraction of sp³-hybridized carbons (Fsp3) is 0.769. The monoisotopic (exact) mass is 498 g/mol. The van der Waals surface area contributed by atoms with Gasteiger partial charge in [0.25, 0.3) is 0 Å². The van der Waals surface area contributed by atoms with Gasteiger partial charge in [-0.3, -0.25) is 9.59 Å². The number of ether oxygens (including phenoxy) is 1. The summed E-state index contributed by atoms with van der Waals surface area (Å²) in [5.41, 5.74) is -2.64. The molecular formula is C26H42O9. The maximum Gasteiger partial charge on any atom is 0.309 e. The van der Waals surface area contributed by atoms with Crippen LogP contribution in [0.25, 0.3) is 0 Å². The summed E-state index contributed by atoms with van der Waals surface area (Å²) in [4.78, 5) is 23.1. The highest BCUT2D eigenvalue weighted by Crippen LogP contribution is 2.55. The molecular weight excluding hydrogens is 456 g/mol. The van der Waals surface area contributed by atoms with E-state index < -0.39 is 59.7 Å². The van der Waals surface area contributed by atoms with Gasteiger partial charge >= 0.3 is 11.9 Å². The summed E-state index contributed by atoms with van der Waals surface area (Å²) < 4.78 is 5.29. The second-order valence-electron chi connectivity index (χ2n) is 11.5. The third kappa shape index (κ3) is 7.60. The van der Waals surface area contributed by atoms with E-state index in [9.17, 15) is 35.1 Å². The average Bonchev–Trinajstić information content (AvgIpc) is 3.04. The molecule has 1 saturated carbocycles. The van der Waals surface area contributed by atoms with Gasteiger partial charge in [-0.1, -0.05) is 19.6 Å². The summed E-state index contributed by atoms with van der Waals surface area (Å²) in [6, 6.07) is 0. The first-order valence-corrected chi connectivity index (χ1v) is 12.2. The molecule has 6 N–H and O–H groups in total. The van der Waals surface area contributed by atoms with Crippen LogP contribution in [0.3, 0.4) is 0 Å². The topological polar surface area (TPSA) is 165 Å². The van der Waals surface area contributed by atoms with Gasteiger partial charge in [0.1, 0.15) is 6.61 Å². The molecule has 1 unspecified atom stereocenters. The number of esters is 1. The van der Waals surface area contributed by atoms with E-state index in [4.69, 9.17) is 9.84 Å². The molecule has 0 aromatic carbocycles. The molecule has 0 aromatic rings. The van der Waals surface area contributed by atoms with E-state index in [2.05, 4.69) is 6.58 Å². The highest BCUT2D eigenvalue weighted by atomic mass is 16.5. The number of carbonyl (C=O) groups excluding carboxylic acids is 1. The number of aliphatic hydroxyl groups is 5. The third-order valence-electron chi connectivity index (χ3n) is 7.85. The zero-order valence-corrected chi connectivity index (χ0v) is 21.2. The van der Waals surface area contributed by atoms with Crippen LogP contribution >= 0.6 is 0 Å². The number of hydrogen-bond acceptors (Lipinski definition) is 8. The Morgan fingerprint density at radius 2 is 1.74 bits per heavy atom. The molecule has 0 saturated heterocycles. The molecule has 200 valence electrons. The molecule has 0 amide bonds. The number of carbonyl (C=O) groups is 2. The van der Waals surface area contributed by atoms with Gasteiger partial charge in [-0.05, 0) is 75.9 Å². The summed E-state index contributed by atoms with van der Waals surface area (Å²) in [7, 11) is 0. The first-order chi connectivity index (χ1) is 16.0. The van der Waals surface area contributed by atoms with Crippen LogP contribution < -0.4 is 0 Å². The normalized spacial score (nSPS) is 35.7. The first-order valence-electron chi connectivity index (χ1n) is 12.2. The Hall–Kier alpha value is -1.78. The van der Waals surface area contributed by atoms with Crippen molar-refractivity contribution in [2.24, 2.45) is 17.3 Å². The Morgan fingerprint density at radius 1 is 1.11 bits per heavy atom. The van der Waals surface area contributed by atoms with E-state index in [1.807, 2.05) is 6.92 Å². The number of carboxylic acids is 1. The van der Waals surface area contributed by atoms with Gasteiger partial charge in [0, 0.05) is 5.41 Å². The Labute approximate surface area is 207 Å². The van der Waals surface area contributed by atoms with Gasteiger partial charge in [-0.15, -0.1) is 0 Å². The molecule has 2 aliphatic rings. The lowest BCUT2D eigenvalue weighted by atomic mass is 9.67. The van der Waals surface area contributed by atoms with E-state index in [1.165, 1.54) is 6.92 Å². The van der Waals surface area contributed by atoms with Crippen LogP contribution in [0.15, 0.2) is 23.8 Å². The van der Waals surface area contributed by atoms with Crippen molar-refractivity contribution in [3.8, 4) is 0 Å². The maximum atomic E-state index is 12.3. The van der Waals surface area contributed by atoms with Gasteiger partial charge in [-0.25, -0.2) is 0 Å². The number of rotatable bonds is 7. The van der Waals surface area contributed by atoms with Gasteiger partial charge in [0.15, 0.2) is 0 Å². The quantitative estimate of drug-likeness (QED) is 0.226. The third-order valence-corrected chi connectivity index (χ3v) is 7.85. The minimum atomic E-state index is -1.76. The predicted molar refractivity (Wildman–Crippen MR) is 128 cm³/mol. The zero-order valence-electron chi connectivity index (χ0n) is 21.2. The molecule has 35 heavy (non-hydrogen) atoms. The van der Waals surface area contributed by atoms with Crippen LogP contribution in [0.2, 0.25) is 0 Å². The lowest BCUT2D eigenvalue weighted by Gasteiger charge is -2.41. The maximum absolute atomic E-state index is 12.3. The largest absolute Gasteiger partial charge is 0.481 e. The lowest BCUT2D eigenvalue weighted by Crippen LogP contribution is -2.43. The fourth-order valence-electron chi connectivity index (χ4n) is 5.62. The molecule has 0 bridgehead atoms. The van der Waals surface area contributed by atoms with Crippen LogP contribution in [0, 0.1) is 17.3 Å². The summed E-state index contributed by atoms with van der Waals surface area (Å²) in [6.45, 7) is 10.3. The molecule has 2 rings (SSSR count). The van der Waals surface area contributed by atoms with Crippen molar-refractivity contribution in [1.82, 2.24) is 0 Å². The average molecular weight is 499 g/mol. The molecule has 0 radical (unpaired) electrons. The summed E-state index contributed by atoms with van der Waals surface area (Å²) in [6.07, 6.45) is -0.501. The van der Waals surface area contributed by atoms with Gasteiger partial charge in [0.2, 0.25) is 0 Å². The van der Waals surface area contributed by atoms with Crippen LogP contribution in [0.4, 0.5) is 0 Å². The predicted octanol–water partition coefficient (Wildman–Crippen LogP) is 1.70. The lowest BCUT2D eigenvalue weighted by molar-refractivity contribution is -0.151. The van der Waals surface area contributed by atoms with E-state index in [-0.39, 0.29) is 43.3 Å². The molecule has 0 aliphatic heterocycles. The Balaban J connectivity index is 2.28. The molecule has 0 aromatic heterocycles. The Kier molecular flexibility index (Phi) is 9.33. The van der Waals surface area contributed by atoms with Crippen molar-refractivity contribution in [1.29, 1.82) is 0 Å². The van der Waals surface area contributed by atoms with Crippen LogP contribution in [0.5, 0.6) is 0 Å². The SMILES string of the molecule is C=C1[C@H](O)CC/C(COC(=O)CC(C)(O)CC(=O)O)=C\[C@@H](O)[C@]2(C)CC[C@H](C(C)(C)O)[C@H]2C[C@H]1O. The minimum Gasteiger partial charge on any atom is -0.481 e. The molecule has 0 spiro atoms. The number of aliphatic hydroxyl groups excluding tert-OH is 3. The van der Waals surface area contributed by atoms with Crippen molar-refractivity contribution in [3.05, 3.63) is 23.8 Å². The summed E-state index contributed by atoms with van der Waals surface area (Å²) >= 11 is 0. The van der Waals surface area contributed by atoms with E-state index in [0.717, 1.165) is 0 Å². The standard InChI is InChI=1S/C26H42O9/c1-15-19(27)7-6-16(14-35-23(32)13-25(4,34)12-22(30)31)10-21(29)26(5)9-8-17(24(2,3)33)18(26)11-20(15)28/h10,17-21,27-29,33-34H,1,6-9,11-14H2,2-5H3,(H,30,31)/b16-10+/t17-,18+,19+,20+,21+,25?,26+/m0/s1. The number of hydrogen-bond donors (Lipinski definition) is 6. The molecule has 7 atom stereocenters. The number of aliphatic carboxylic acids is 1. The molecule has 9 heteroatoms. The van der Waals surface area contributed by atoms with Crippen molar-refractivity contribution in [2.75, 3.05) is 6.61 Å². The van der Waals surface area contributed by atoms with Crippen LogP contribution in [-0.4, -0.2) is 78.7 Å². The van der Waals surface area contributed by atoms with Crippen molar-refractivity contribution in [3.63, 3.8) is 0 Å². The smallest absolute Gasteiger partial charge is 0.309 e. The minimum absolute atomic E-state index is 0.186. The number of carboxylic acid groups (broad SMARTS) is 1. The summed E-state index contributed by atoms with van der Waals surface area (Å²) in [5, 5.41) is 62.5.